The van der Waals surface area contributed by atoms with Crippen LogP contribution in [0.1, 0.15) is 34.9 Å². The standard InChI is InChI=1S/C26H24BrN5O4S/c1-15-22(16-2-6-18(27)7-3-16)30-24(29-15)21(12-19-13-37-14-28-19)32-25(34)23(31-26(32)35)17-4-8-20(9-5-17)36-11-10-33/h2-9,13-14,21,23,33H,10-12H2,1H3,(H,29,30)(H,31,35)/t21-,23+/m0/s1. The Labute approximate surface area is 225 Å². The number of rotatable bonds is 9. The minimum Gasteiger partial charge on any atom is -0.491 e. The third-order valence-electron chi connectivity index (χ3n) is 6.09. The molecule has 5 rings (SSSR count). The molecule has 1 aliphatic rings. The summed E-state index contributed by atoms with van der Waals surface area (Å²) in [7, 11) is 0. The molecular weight excluding hydrogens is 558 g/mol. The highest BCUT2D eigenvalue weighted by molar-refractivity contribution is 9.10. The van der Waals surface area contributed by atoms with Gasteiger partial charge >= 0.3 is 6.03 Å². The Kier molecular flexibility index (Phi) is 7.36. The number of aromatic amines is 1. The van der Waals surface area contributed by atoms with Crippen molar-refractivity contribution < 1.29 is 19.4 Å². The lowest BCUT2D eigenvalue weighted by atomic mass is 10.1. The fourth-order valence-corrected chi connectivity index (χ4v) is 5.16. The van der Waals surface area contributed by atoms with Gasteiger partial charge in [-0.05, 0) is 42.3 Å². The minimum absolute atomic E-state index is 0.0932. The van der Waals surface area contributed by atoms with E-state index in [1.165, 1.54) is 16.2 Å². The SMILES string of the molecule is Cc1nc([C@H](Cc2cscn2)N2C(=O)N[C@H](c3ccc(OCCO)cc3)C2=O)[nH]c1-c1ccc(Br)cc1. The monoisotopic (exact) mass is 581 g/mol. The van der Waals surface area contributed by atoms with Crippen LogP contribution in [-0.2, 0) is 11.2 Å². The van der Waals surface area contributed by atoms with Crippen molar-refractivity contribution >= 4 is 39.2 Å². The van der Waals surface area contributed by atoms with Crippen LogP contribution in [0.25, 0.3) is 11.3 Å². The predicted molar refractivity (Wildman–Crippen MR) is 142 cm³/mol. The lowest BCUT2D eigenvalue weighted by Crippen LogP contribution is -2.37. The summed E-state index contributed by atoms with van der Waals surface area (Å²) < 4.78 is 6.37. The van der Waals surface area contributed by atoms with Crippen molar-refractivity contribution in [2.45, 2.75) is 25.4 Å². The van der Waals surface area contributed by atoms with Gasteiger partial charge in [0.25, 0.3) is 5.91 Å². The van der Waals surface area contributed by atoms with Crippen LogP contribution in [0.15, 0.2) is 63.9 Å². The van der Waals surface area contributed by atoms with Crippen LogP contribution in [-0.4, -0.2) is 50.1 Å². The first-order chi connectivity index (χ1) is 17.9. The fraction of sp³-hybridized carbons (Fsp3) is 0.231. The zero-order valence-corrected chi connectivity index (χ0v) is 22.3. The van der Waals surface area contributed by atoms with Gasteiger partial charge in [0.05, 0.1) is 29.2 Å². The quantitative estimate of drug-likeness (QED) is 0.249. The summed E-state index contributed by atoms with van der Waals surface area (Å²) in [6.07, 6.45) is 0.329. The van der Waals surface area contributed by atoms with Gasteiger partial charge in [-0.3, -0.25) is 9.69 Å². The summed E-state index contributed by atoms with van der Waals surface area (Å²) >= 11 is 4.91. The van der Waals surface area contributed by atoms with Crippen LogP contribution in [0.4, 0.5) is 4.79 Å². The topological polar surface area (TPSA) is 120 Å². The molecule has 0 bridgehead atoms. The Bertz CT molecular complexity index is 1390. The van der Waals surface area contributed by atoms with E-state index in [0.29, 0.717) is 23.6 Å². The molecule has 2 aromatic heterocycles. The number of imidazole rings is 1. The molecule has 0 radical (unpaired) electrons. The van der Waals surface area contributed by atoms with Crippen molar-refractivity contribution in [3.8, 4) is 17.0 Å². The van der Waals surface area contributed by atoms with Crippen LogP contribution >= 0.6 is 27.3 Å². The molecule has 3 heterocycles. The molecule has 9 nitrogen and oxygen atoms in total. The van der Waals surface area contributed by atoms with Gasteiger partial charge in [0, 0.05) is 16.3 Å². The number of hydrogen-bond acceptors (Lipinski definition) is 7. The molecule has 0 spiro atoms. The second-order valence-corrected chi connectivity index (χ2v) is 10.2. The van der Waals surface area contributed by atoms with E-state index in [0.717, 1.165) is 27.1 Å². The Balaban J connectivity index is 1.46. The highest BCUT2D eigenvalue weighted by Crippen LogP contribution is 2.34. The number of nitrogens with one attached hydrogen (secondary N) is 2. The van der Waals surface area contributed by atoms with E-state index >= 15 is 0 Å². The second kappa shape index (κ2) is 10.8. The fourth-order valence-electron chi connectivity index (χ4n) is 4.32. The Morgan fingerprint density at radius 3 is 2.59 bits per heavy atom. The van der Waals surface area contributed by atoms with Gasteiger partial charge in [-0.2, -0.15) is 0 Å². The number of carbonyl (C=O) groups is 2. The Hall–Kier alpha value is -3.54. The van der Waals surface area contributed by atoms with E-state index in [1.54, 1.807) is 29.8 Å². The summed E-state index contributed by atoms with van der Waals surface area (Å²) in [5, 5.41) is 13.7. The summed E-state index contributed by atoms with van der Waals surface area (Å²) in [5.74, 6) is 0.716. The summed E-state index contributed by atoms with van der Waals surface area (Å²) in [6.45, 7) is 1.98. The van der Waals surface area contributed by atoms with Gasteiger partial charge in [-0.25, -0.2) is 14.8 Å². The molecule has 4 aromatic rings. The number of hydrogen-bond donors (Lipinski definition) is 3. The number of aliphatic hydroxyl groups excluding tert-OH is 1. The maximum absolute atomic E-state index is 13.6. The molecule has 0 unspecified atom stereocenters. The molecule has 0 saturated carbocycles. The van der Waals surface area contributed by atoms with Crippen molar-refractivity contribution in [3.63, 3.8) is 0 Å². The Morgan fingerprint density at radius 1 is 1.16 bits per heavy atom. The average Bonchev–Trinajstić information content (AvgIpc) is 3.62. The molecule has 3 N–H and O–H groups in total. The van der Waals surface area contributed by atoms with E-state index in [-0.39, 0.29) is 19.1 Å². The number of aryl methyl sites for hydroxylation is 1. The molecule has 3 amide bonds. The van der Waals surface area contributed by atoms with Gasteiger partial charge in [-0.15, -0.1) is 11.3 Å². The predicted octanol–water partition coefficient (Wildman–Crippen LogP) is 4.55. The molecule has 11 heteroatoms. The van der Waals surface area contributed by atoms with Gasteiger partial charge in [0.1, 0.15) is 30.3 Å². The van der Waals surface area contributed by atoms with Crippen molar-refractivity contribution in [3.05, 3.63) is 86.7 Å². The number of H-pyrrole nitrogens is 1. The van der Waals surface area contributed by atoms with Crippen molar-refractivity contribution in [2.75, 3.05) is 13.2 Å². The largest absolute Gasteiger partial charge is 0.491 e. The molecule has 2 atom stereocenters. The van der Waals surface area contributed by atoms with E-state index in [2.05, 4.69) is 31.2 Å². The maximum atomic E-state index is 13.6. The summed E-state index contributed by atoms with van der Waals surface area (Å²) in [5.41, 5.74) is 5.67. The third kappa shape index (κ3) is 5.29. The number of imide groups is 1. The van der Waals surface area contributed by atoms with Crippen LogP contribution in [0.3, 0.4) is 0 Å². The lowest BCUT2D eigenvalue weighted by Gasteiger charge is -2.23. The van der Waals surface area contributed by atoms with Gasteiger partial charge in [-0.1, -0.05) is 40.2 Å². The van der Waals surface area contributed by atoms with Crippen LogP contribution < -0.4 is 10.1 Å². The maximum Gasteiger partial charge on any atom is 0.325 e. The van der Waals surface area contributed by atoms with Crippen LogP contribution in [0, 0.1) is 6.92 Å². The highest BCUT2D eigenvalue weighted by Gasteiger charge is 2.44. The summed E-state index contributed by atoms with van der Waals surface area (Å²) in [4.78, 5) is 40.6. The molecule has 1 saturated heterocycles. The van der Waals surface area contributed by atoms with Crippen LogP contribution in [0.5, 0.6) is 5.75 Å². The number of aromatic nitrogens is 3. The van der Waals surface area contributed by atoms with Gasteiger partial charge < -0.3 is 20.1 Å². The number of thiazole rings is 1. The number of halogens is 1. The first-order valence-electron chi connectivity index (χ1n) is 11.6. The number of nitrogens with zero attached hydrogens (tertiary/aromatic N) is 3. The number of urea groups is 1. The van der Waals surface area contributed by atoms with E-state index in [9.17, 15) is 9.59 Å². The summed E-state index contributed by atoms with van der Waals surface area (Å²) in [6, 6.07) is 12.7. The highest BCUT2D eigenvalue weighted by atomic mass is 79.9. The zero-order valence-electron chi connectivity index (χ0n) is 19.8. The van der Waals surface area contributed by atoms with Crippen LogP contribution in [0.2, 0.25) is 0 Å². The number of amides is 3. The number of benzene rings is 2. The van der Waals surface area contributed by atoms with Crippen molar-refractivity contribution in [1.29, 1.82) is 0 Å². The van der Waals surface area contributed by atoms with Gasteiger partial charge in [0.15, 0.2) is 0 Å². The molecule has 1 fully saturated rings. The van der Waals surface area contributed by atoms with E-state index in [1.807, 2.05) is 36.6 Å². The molecule has 190 valence electrons. The number of ether oxygens (including phenoxy) is 1. The van der Waals surface area contributed by atoms with E-state index < -0.39 is 18.1 Å². The minimum atomic E-state index is -0.834. The lowest BCUT2D eigenvalue weighted by molar-refractivity contribution is -0.129. The first-order valence-corrected chi connectivity index (χ1v) is 13.3. The third-order valence-corrected chi connectivity index (χ3v) is 7.26. The van der Waals surface area contributed by atoms with Crippen molar-refractivity contribution in [2.24, 2.45) is 0 Å². The molecule has 1 aliphatic heterocycles. The molecular formula is C26H24BrN5O4S. The first kappa shape index (κ1) is 25.1. The molecule has 2 aromatic carbocycles. The second-order valence-electron chi connectivity index (χ2n) is 8.52. The number of carbonyl (C=O) groups excluding carboxylic acids is 2. The Morgan fingerprint density at radius 2 is 1.92 bits per heavy atom. The normalized spacial score (nSPS) is 16.2. The molecule has 0 aliphatic carbocycles. The van der Waals surface area contributed by atoms with Crippen molar-refractivity contribution in [1.82, 2.24) is 25.2 Å². The zero-order chi connectivity index (χ0) is 25.9. The average molecular weight is 582 g/mol. The smallest absolute Gasteiger partial charge is 0.325 e. The van der Waals surface area contributed by atoms with Gasteiger partial charge in [0.2, 0.25) is 0 Å². The number of aliphatic hydroxyl groups is 1. The van der Waals surface area contributed by atoms with E-state index in [4.69, 9.17) is 14.8 Å². The molecule has 37 heavy (non-hydrogen) atoms.